The summed E-state index contributed by atoms with van der Waals surface area (Å²) < 4.78 is 14.3. The Kier molecular flexibility index (Phi) is 9.56. The molecule has 3 N–H and O–H groups in total. The number of aromatic nitrogens is 4. The smallest absolute Gasteiger partial charge is 0.262 e. The number of para-hydroxylation sites is 1. The van der Waals surface area contributed by atoms with Gasteiger partial charge in [-0.1, -0.05) is 18.2 Å². The lowest BCUT2D eigenvalue weighted by Gasteiger charge is -2.48. The number of piperidine rings is 2. The number of nitrogen functional groups attached to an aromatic ring is 1. The fourth-order valence-electron chi connectivity index (χ4n) is 9.60. The lowest BCUT2D eigenvalue weighted by Crippen LogP contribution is -2.59. The van der Waals surface area contributed by atoms with Crippen LogP contribution in [-0.4, -0.2) is 108 Å². The van der Waals surface area contributed by atoms with E-state index in [0.717, 1.165) is 103 Å². The molecule has 3 aromatic carbocycles. The zero-order chi connectivity index (χ0) is 40.2. The van der Waals surface area contributed by atoms with Gasteiger partial charge in [0.25, 0.3) is 11.8 Å². The van der Waals surface area contributed by atoms with Crippen molar-refractivity contribution < 1.29 is 28.7 Å². The van der Waals surface area contributed by atoms with E-state index in [2.05, 4.69) is 29.8 Å². The molecule has 0 radical (unpaired) electrons. The Morgan fingerprint density at radius 2 is 1.37 bits per heavy atom. The number of rotatable bonds is 9. The first-order chi connectivity index (χ1) is 28.8. The molecule has 4 fully saturated rings. The van der Waals surface area contributed by atoms with Gasteiger partial charge in [0.15, 0.2) is 5.65 Å². The molecule has 4 amide bonds. The number of imide groups is 2. The van der Waals surface area contributed by atoms with E-state index >= 15 is 0 Å². The van der Waals surface area contributed by atoms with E-state index in [1.165, 1.54) is 6.33 Å². The SMILES string of the molecule is Nc1ncnc2c1c(-c1ccc(Oc3ccccc3)cc1)nn2C1CCN(C2CCC(N3CC(Oc4ccc5c(c4)C(=O)N(C4CCC(=O)NC4=O)C5=O)C3)CC2)CC1. The second-order valence-electron chi connectivity index (χ2n) is 16.3. The van der Waals surface area contributed by atoms with Crippen molar-refractivity contribution in [3.63, 3.8) is 0 Å². The third-order valence-corrected chi connectivity index (χ3v) is 12.8. The van der Waals surface area contributed by atoms with Gasteiger partial charge in [-0.05, 0) is 99.5 Å². The van der Waals surface area contributed by atoms with Crippen LogP contribution in [0.25, 0.3) is 22.3 Å². The average Bonchev–Trinajstić information content (AvgIpc) is 3.75. The lowest BCUT2D eigenvalue weighted by atomic mass is 9.86. The first kappa shape index (κ1) is 37.1. The van der Waals surface area contributed by atoms with Crippen LogP contribution in [0.15, 0.2) is 79.1 Å². The monoisotopic (exact) mass is 795 g/mol. The number of anilines is 1. The molecule has 15 nitrogen and oxygen atoms in total. The number of carbonyl (C=O) groups is 4. The predicted molar refractivity (Wildman–Crippen MR) is 217 cm³/mol. The number of fused-ring (bicyclic) bond motifs is 2. The molecular weight excluding hydrogens is 751 g/mol. The first-order valence-corrected chi connectivity index (χ1v) is 20.6. The number of amides is 4. The Labute approximate surface area is 340 Å². The zero-order valence-corrected chi connectivity index (χ0v) is 32.5. The highest BCUT2D eigenvalue weighted by molar-refractivity contribution is 6.23. The van der Waals surface area contributed by atoms with Gasteiger partial charge in [0.05, 0.1) is 22.6 Å². The molecule has 302 valence electrons. The van der Waals surface area contributed by atoms with Crippen LogP contribution in [0.3, 0.4) is 0 Å². The highest BCUT2D eigenvalue weighted by atomic mass is 16.5. The molecule has 6 heterocycles. The number of nitrogens with one attached hydrogen (secondary N) is 1. The molecule has 1 atom stereocenters. The lowest BCUT2D eigenvalue weighted by molar-refractivity contribution is -0.136. The van der Waals surface area contributed by atoms with Crippen molar-refractivity contribution in [3.8, 4) is 28.5 Å². The molecule has 2 aromatic heterocycles. The topological polar surface area (TPSA) is 178 Å². The van der Waals surface area contributed by atoms with Crippen LogP contribution in [0.5, 0.6) is 17.2 Å². The molecule has 1 unspecified atom stereocenters. The highest BCUT2D eigenvalue weighted by Gasteiger charge is 2.45. The van der Waals surface area contributed by atoms with E-state index < -0.39 is 29.7 Å². The molecular formula is C44H45N9O6. The van der Waals surface area contributed by atoms with Crippen LogP contribution in [-0.2, 0) is 9.59 Å². The summed E-state index contributed by atoms with van der Waals surface area (Å²) in [4.78, 5) is 65.5. The van der Waals surface area contributed by atoms with Gasteiger partial charge in [-0.25, -0.2) is 14.6 Å². The highest BCUT2D eigenvalue weighted by Crippen LogP contribution is 2.38. The van der Waals surface area contributed by atoms with E-state index in [0.29, 0.717) is 23.7 Å². The molecule has 1 saturated carbocycles. The zero-order valence-electron chi connectivity index (χ0n) is 32.5. The van der Waals surface area contributed by atoms with Crippen LogP contribution in [0.1, 0.15) is 78.1 Å². The van der Waals surface area contributed by atoms with E-state index in [1.807, 2.05) is 54.6 Å². The normalized spacial score (nSPS) is 23.3. The van der Waals surface area contributed by atoms with E-state index in [4.69, 9.17) is 20.3 Å². The van der Waals surface area contributed by atoms with Crippen molar-refractivity contribution in [2.75, 3.05) is 31.9 Å². The number of carbonyl (C=O) groups excluding carboxylic acids is 4. The van der Waals surface area contributed by atoms with Gasteiger partial charge in [0, 0.05) is 50.2 Å². The summed E-state index contributed by atoms with van der Waals surface area (Å²) in [6.07, 6.45) is 8.28. The van der Waals surface area contributed by atoms with Crippen molar-refractivity contribution >= 4 is 40.5 Å². The first-order valence-electron chi connectivity index (χ1n) is 20.6. The Bertz CT molecular complexity index is 2430. The van der Waals surface area contributed by atoms with Gasteiger partial charge < -0.3 is 20.1 Å². The third-order valence-electron chi connectivity index (χ3n) is 12.8. The van der Waals surface area contributed by atoms with Gasteiger partial charge in [-0.15, -0.1) is 0 Å². The van der Waals surface area contributed by atoms with Crippen molar-refractivity contribution in [1.29, 1.82) is 0 Å². The standard InChI is InChI=1S/C44H45N9O6/c45-40-38-39(26-6-12-31(13-7-26)58-30-4-2-1-3-5-30)49-53(41(38)47-25-46-40)29-18-20-50(21-19-29)27-8-10-28(11-9-27)51-23-33(24-51)59-32-14-15-34-35(22-32)44(57)52(43(34)56)36-16-17-37(54)48-42(36)55/h1-7,12-15,22,25,27-29,33,36H,8-11,16-21,23-24H2,(H2,45,46,47)(H,48,54,55). The van der Waals surface area contributed by atoms with Crippen molar-refractivity contribution in [3.05, 3.63) is 90.3 Å². The summed E-state index contributed by atoms with van der Waals surface area (Å²) in [5.74, 6) is 0.413. The van der Waals surface area contributed by atoms with Crippen LogP contribution >= 0.6 is 0 Å². The molecule has 0 bridgehead atoms. The van der Waals surface area contributed by atoms with Crippen molar-refractivity contribution in [2.45, 2.75) is 81.6 Å². The van der Waals surface area contributed by atoms with Crippen LogP contribution in [0.2, 0.25) is 0 Å². The summed E-state index contributed by atoms with van der Waals surface area (Å²) in [6.45, 7) is 3.63. The largest absolute Gasteiger partial charge is 0.488 e. The molecule has 3 saturated heterocycles. The van der Waals surface area contributed by atoms with Gasteiger partial charge in [-0.2, -0.15) is 5.10 Å². The molecule has 10 rings (SSSR count). The minimum absolute atomic E-state index is 0.00391. The van der Waals surface area contributed by atoms with Crippen molar-refractivity contribution in [1.82, 2.24) is 39.8 Å². The Morgan fingerprint density at radius 1 is 0.695 bits per heavy atom. The molecule has 59 heavy (non-hydrogen) atoms. The number of hydrogen-bond donors (Lipinski definition) is 2. The summed E-state index contributed by atoms with van der Waals surface area (Å²) in [5, 5.41) is 8.14. The van der Waals surface area contributed by atoms with E-state index in [9.17, 15) is 19.2 Å². The number of nitrogens with zero attached hydrogens (tertiary/aromatic N) is 7. The maximum atomic E-state index is 13.3. The van der Waals surface area contributed by atoms with Gasteiger partial charge in [0.1, 0.15) is 47.2 Å². The molecule has 1 aliphatic carbocycles. The van der Waals surface area contributed by atoms with Gasteiger partial charge >= 0.3 is 0 Å². The Hall–Kier alpha value is -6.19. The average molecular weight is 796 g/mol. The van der Waals surface area contributed by atoms with Crippen LogP contribution in [0, 0.1) is 0 Å². The van der Waals surface area contributed by atoms with Crippen molar-refractivity contribution in [2.24, 2.45) is 0 Å². The molecule has 5 aromatic rings. The molecule has 15 heteroatoms. The van der Waals surface area contributed by atoms with Crippen LogP contribution < -0.4 is 20.5 Å². The minimum Gasteiger partial charge on any atom is -0.488 e. The molecule has 5 aliphatic rings. The Morgan fingerprint density at radius 3 is 2.10 bits per heavy atom. The Balaban J connectivity index is 0.712. The number of hydrogen-bond acceptors (Lipinski definition) is 12. The fraction of sp³-hybridized carbons (Fsp3) is 0.386. The molecule has 0 spiro atoms. The predicted octanol–water partition coefficient (Wildman–Crippen LogP) is 4.98. The second kappa shape index (κ2) is 15.2. The summed E-state index contributed by atoms with van der Waals surface area (Å²) in [5.41, 5.74) is 9.41. The number of nitrogens with two attached hydrogens (primary N) is 1. The van der Waals surface area contributed by atoms with Gasteiger partial charge in [0.2, 0.25) is 11.8 Å². The third kappa shape index (κ3) is 6.97. The molecule has 4 aliphatic heterocycles. The number of likely N-dealkylation sites (tertiary alicyclic amines) is 2. The van der Waals surface area contributed by atoms with Gasteiger partial charge in [-0.3, -0.25) is 34.3 Å². The minimum atomic E-state index is -0.990. The summed E-state index contributed by atoms with van der Waals surface area (Å²) in [7, 11) is 0. The summed E-state index contributed by atoms with van der Waals surface area (Å²) >= 11 is 0. The second-order valence-corrected chi connectivity index (χ2v) is 16.3. The van der Waals surface area contributed by atoms with E-state index in [-0.39, 0.29) is 36.1 Å². The van der Waals surface area contributed by atoms with E-state index in [1.54, 1.807) is 18.2 Å². The maximum absolute atomic E-state index is 13.3. The number of ether oxygens (including phenoxy) is 2. The van der Waals surface area contributed by atoms with Crippen LogP contribution in [0.4, 0.5) is 5.82 Å². The quantitative estimate of drug-likeness (QED) is 0.192. The maximum Gasteiger partial charge on any atom is 0.262 e. The number of benzene rings is 3. The fourth-order valence-corrected chi connectivity index (χ4v) is 9.60. The summed E-state index contributed by atoms with van der Waals surface area (Å²) in [6, 6.07) is 22.8.